The number of nitrogen functional groups attached to an aromatic ring is 1. The first-order chi connectivity index (χ1) is 11.7. The van der Waals surface area contributed by atoms with E-state index in [0.717, 1.165) is 34.4 Å². The molecule has 3 N–H and O–H groups in total. The Balaban J connectivity index is 1.74. The van der Waals surface area contributed by atoms with Crippen molar-refractivity contribution in [1.29, 1.82) is 0 Å². The molecule has 0 aromatic carbocycles. The summed E-state index contributed by atoms with van der Waals surface area (Å²) in [5, 5.41) is 15.3. The van der Waals surface area contributed by atoms with Gasteiger partial charge in [0.05, 0.1) is 10.6 Å². The average Bonchev–Trinajstić information content (AvgIpc) is 3.30. The molecule has 7 nitrogen and oxygen atoms in total. The van der Waals surface area contributed by atoms with Gasteiger partial charge in [0, 0.05) is 10.3 Å². The number of nitrogens with one attached hydrogen (secondary N) is 1. The SMILES string of the molecule is Nc1c(-n2nnc(-c3cccs3)n2)c(=O)[nH]c2sc3c(c12)CCC3. The minimum atomic E-state index is -0.296. The quantitative estimate of drug-likeness (QED) is 0.574. The zero-order chi connectivity index (χ0) is 16.3. The number of hydrogen-bond donors (Lipinski definition) is 2. The molecule has 4 heterocycles. The number of hydrogen-bond acceptors (Lipinski definition) is 7. The Hall–Kier alpha value is -2.52. The Bertz CT molecular complexity index is 1120. The number of aromatic amines is 1. The van der Waals surface area contributed by atoms with Gasteiger partial charge in [-0.2, -0.15) is 0 Å². The van der Waals surface area contributed by atoms with E-state index < -0.39 is 0 Å². The minimum Gasteiger partial charge on any atom is -0.396 e. The lowest BCUT2D eigenvalue weighted by Gasteiger charge is -2.05. The Labute approximate surface area is 143 Å². The van der Waals surface area contributed by atoms with Gasteiger partial charge in [-0.3, -0.25) is 4.79 Å². The second kappa shape index (κ2) is 4.99. The molecule has 0 radical (unpaired) electrons. The van der Waals surface area contributed by atoms with Crippen molar-refractivity contribution in [3.63, 3.8) is 0 Å². The van der Waals surface area contributed by atoms with E-state index in [1.807, 2.05) is 17.5 Å². The van der Waals surface area contributed by atoms with Crippen LogP contribution in [0, 0.1) is 0 Å². The summed E-state index contributed by atoms with van der Waals surface area (Å²) in [6.07, 6.45) is 3.18. The fraction of sp³-hybridized carbons (Fsp3) is 0.200. The van der Waals surface area contributed by atoms with Gasteiger partial charge in [0.25, 0.3) is 5.56 Å². The number of H-pyrrole nitrogens is 1. The lowest BCUT2D eigenvalue weighted by molar-refractivity contribution is 0.715. The standard InChI is InChI=1S/C15H12N6OS2/c16-11-10-7-3-1-4-8(7)24-15(10)17-14(22)12(11)21-19-13(18-20-21)9-5-2-6-23-9/h2,5-6H,1,3-4H2,(H3,16,17,22). The largest absolute Gasteiger partial charge is 0.396 e. The van der Waals surface area contributed by atoms with Crippen molar-refractivity contribution in [2.75, 3.05) is 5.73 Å². The molecule has 1 aliphatic carbocycles. The molecule has 0 bridgehead atoms. The van der Waals surface area contributed by atoms with Gasteiger partial charge in [0.15, 0.2) is 5.69 Å². The predicted octanol–water partition coefficient (Wildman–Crippen LogP) is 2.36. The van der Waals surface area contributed by atoms with Crippen LogP contribution in [-0.4, -0.2) is 25.2 Å². The molecule has 1 aliphatic rings. The van der Waals surface area contributed by atoms with Gasteiger partial charge in [0.2, 0.25) is 5.82 Å². The van der Waals surface area contributed by atoms with Crippen LogP contribution in [-0.2, 0) is 12.8 Å². The summed E-state index contributed by atoms with van der Waals surface area (Å²) in [6, 6.07) is 3.83. The number of aromatic nitrogens is 5. The van der Waals surface area contributed by atoms with Gasteiger partial charge in [-0.25, -0.2) is 0 Å². The second-order valence-corrected chi connectivity index (χ2v) is 7.71. The van der Waals surface area contributed by atoms with E-state index in [1.54, 1.807) is 11.3 Å². The maximum Gasteiger partial charge on any atom is 0.279 e. The molecule has 0 unspecified atom stereocenters. The molecule has 4 aromatic rings. The van der Waals surface area contributed by atoms with Gasteiger partial charge in [-0.05, 0) is 41.5 Å². The van der Waals surface area contributed by atoms with Gasteiger partial charge < -0.3 is 10.7 Å². The van der Waals surface area contributed by atoms with Crippen molar-refractivity contribution in [2.45, 2.75) is 19.3 Å². The fourth-order valence-corrected chi connectivity index (χ4v) is 5.14. The third-order valence-corrected chi connectivity index (χ3v) is 6.32. The second-order valence-electron chi connectivity index (χ2n) is 5.66. The third-order valence-electron chi connectivity index (χ3n) is 4.24. The van der Waals surface area contributed by atoms with E-state index in [0.29, 0.717) is 11.5 Å². The Morgan fingerprint density at radius 3 is 3.08 bits per heavy atom. The number of nitrogens with zero attached hydrogens (tertiary/aromatic N) is 4. The molecule has 24 heavy (non-hydrogen) atoms. The Morgan fingerprint density at radius 2 is 2.25 bits per heavy atom. The number of nitrogens with two attached hydrogens (primary N) is 1. The van der Waals surface area contributed by atoms with Crippen molar-refractivity contribution in [3.05, 3.63) is 38.3 Å². The smallest absolute Gasteiger partial charge is 0.279 e. The van der Waals surface area contributed by atoms with Crippen LogP contribution in [0.1, 0.15) is 16.9 Å². The number of rotatable bonds is 2. The normalized spacial score (nSPS) is 13.7. The highest BCUT2D eigenvalue weighted by Crippen LogP contribution is 2.39. The number of anilines is 1. The first kappa shape index (κ1) is 13.9. The van der Waals surface area contributed by atoms with Gasteiger partial charge in [-0.15, -0.1) is 37.7 Å². The molecule has 4 aromatic heterocycles. The van der Waals surface area contributed by atoms with E-state index in [9.17, 15) is 4.79 Å². The summed E-state index contributed by atoms with van der Waals surface area (Å²) in [7, 11) is 0. The molecule has 0 fully saturated rings. The van der Waals surface area contributed by atoms with Crippen LogP contribution < -0.4 is 11.3 Å². The lowest BCUT2D eigenvalue weighted by Crippen LogP contribution is -2.19. The topological polar surface area (TPSA) is 102 Å². The van der Waals surface area contributed by atoms with Crippen LogP contribution >= 0.6 is 22.7 Å². The number of pyridine rings is 1. The number of fused-ring (bicyclic) bond motifs is 3. The van der Waals surface area contributed by atoms with Crippen LogP contribution in [0.15, 0.2) is 22.3 Å². The average molecular weight is 356 g/mol. The van der Waals surface area contributed by atoms with E-state index in [-0.39, 0.29) is 11.2 Å². The number of thiophene rings is 2. The molecule has 0 saturated heterocycles. The third kappa shape index (κ3) is 1.88. The first-order valence-corrected chi connectivity index (χ1v) is 9.22. The zero-order valence-electron chi connectivity index (χ0n) is 12.4. The van der Waals surface area contributed by atoms with Crippen molar-refractivity contribution in [2.24, 2.45) is 0 Å². The molecule has 0 aliphatic heterocycles. The highest BCUT2D eigenvalue weighted by molar-refractivity contribution is 7.19. The zero-order valence-corrected chi connectivity index (χ0v) is 14.1. The number of aryl methyl sites for hydroxylation is 2. The summed E-state index contributed by atoms with van der Waals surface area (Å²) in [6.45, 7) is 0. The van der Waals surface area contributed by atoms with Crippen molar-refractivity contribution in [3.8, 4) is 16.4 Å². The molecule has 0 saturated carbocycles. The summed E-state index contributed by atoms with van der Waals surface area (Å²) < 4.78 is 0. The van der Waals surface area contributed by atoms with Gasteiger partial charge in [-0.1, -0.05) is 6.07 Å². The maximum atomic E-state index is 12.5. The predicted molar refractivity (Wildman–Crippen MR) is 94.9 cm³/mol. The molecule has 120 valence electrons. The van der Waals surface area contributed by atoms with Crippen molar-refractivity contribution >= 4 is 38.6 Å². The molecule has 9 heteroatoms. The van der Waals surface area contributed by atoms with E-state index in [2.05, 4.69) is 20.4 Å². The molecule has 0 spiro atoms. The summed E-state index contributed by atoms with van der Waals surface area (Å²) >= 11 is 3.14. The highest BCUT2D eigenvalue weighted by Gasteiger charge is 2.24. The van der Waals surface area contributed by atoms with Crippen LogP contribution in [0.4, 0.5) is 5.69 Å². The molecule has 5 rings (SSSR count). The molecule has 0 atom stereocenters. The van der Waals surface area contributed by atoms with Gasteiger partial charge >= 0.3 is 0 Å². The molecular formula is C15H12N6OS2. The Kier molecular flexibility index (Phi) is 2.88. The molecular weight excluding hydrogens is 344 g/mol. The van der Waals surface area contributed by atoms with E-state index in [1.165, 1.54) is 26.6 Å². The van der Waals surface area contributed by atoms with E-state index in [4.69, 9.17) is 5.73 Å². The van der Waals surface area contributed by atoms with Crippen molar-refractivity contribution < 1.29 is 0 Å². The Morgan fingerprint density at radius 1 is 1.33 bits per heavy atom. The monoisotopic (exact) mass is 356 g/mol. The maximum absolute atomic E-state index is 12.5. The van der Waals surface area contributed by atoms with Crippen LogP contribution in [0.5, 0.6) is 0 Å². The highest BCUT2D eigenvalue weighted by atomic mass is 32.1. The fourth-order valence-electron chi connectivity index (χ4n) is 3.19. The molecule has 0 amide bonds. The van der Waals surface area contributed by atoms with Gasteiger partial charge in [0.1, 0.15) is 4.83 Å². The summed E-state index contributed by atoms with van der Waals surface area (Å²) in [4.78, 5) is 19.7. The van der Waals surface area contributed by atoms with Crippen molar-refractivity contribution in [1.82, 2.24) is 25.2 Å². The summed E-state index contributed by atoms with van der Waals surface area (Å²) in [5.74, 6) is 0.486. The minimum absolute atomic E-state index is 0.241. The summed E-state index contributed by atoms with van der Waals surface area (Å²) in [5.41, 5.74) is 7.99. The van der Waals surface area contributed by atoms with Crippen LogP contribution in [0.2, 0.25) is 0 Å². The first-order valence-electron chi connectivity index (χ1n) is 7.52. The van der Waals surface area contributed by atoms with E-state index >= 15 is 0 Å². The number of tetrazole rings is 1. The van der Waals surface area contributed by atoms with Crippen LogP contribution in [0.3, 0.4) is 0 Å². The lowest BCUT2D eigenvalue weighted by atomic mass is 10.1. The van der Waals surface area contributed by atoms with Crippen LogP contribution in [0.25, 0.3) is 26.6 Å².